The van der Waals surface area contributed by atoms with Crippen LogP contribution in [0.4, 0.5) is 0 Å². The highest BCUT2D eigenvalue weighted by Gasteiger charge is 2.18. The second-order valence-corrected chi connectivity index (χ2v) is 5.04. The van der Waals surface area contributed by atoms with Gasteiger partial charge in [-0.3, -0.25) is 0 Å². The van der Waals surface area contributed by atoms with E-state index in [-0.39, 0.29) is 0 Å². The fourth-order valence-electron chi connectivity index (χ4n) is 2.44. The van der Waals surface area contributed by atoms with Crippen molar-refractivity contribution < 1.29 is 4.74 Å². The summed E-state index contributed by atoms with van der Waals surface area (Å²) in [4.78, 5) is 0. The number of hydrogen-bond donors (Lipinski definition) is 0. The SMILES string of the molecule is C=C(c1ccc(OC[SiH3])cc1)C1CCCC1. The highest BCUT2D eigenvalue weighted by Crippen LogP contribution is 2.35. The van der Waals surface area contributed by atoms with E-state index in [1.165, 1.54) is 36.8 Å². The van der Waals surface area contributed by atoms with Crippen LogP contribution in [0.15, 0.2) is 30.8 Å². The molecule has 0 bridgehead atoms. The van der Waals surface area contributed by atoms with Gasteiger partial charge in [0, 0.05) is 0 Å². The number of hydrogen-bond acceptors (Lipinski definition) is 1. The average molecular weight is 232 g/mol. The summed E-state index contributed by atoms with van der Waals surface area (Å²) in [5, 5.41) is 0. The van der Waals surface area contributed by atoms with Crippen molar-refractivity contribution in [1.82, 2.24) is 0 Å². The molecule has 0 N–H and O–H groups in total. The fraction of sp³-hybridized carbons (Fsp3) is 0.429. The van der Waals surface area contributed by atoms with Gasteiger partial charge in [-0.1, -0.05) is 31.6 Å². The van der Waals surface area contributed by atoms with E-state index in [0.29, 0.717) is 5.92 Å². The Kier molecular flexibility index (Phi) is 3.83. The third-order valence-corrected chi connectivity index (χ3v) is 3.67. The standard InChI is InChI=1S/C14H20OSi/c1-11(12-4-2-3-5-12)13-6-8-14(9-7-13)15-10-16/h6-9,12H,1-5,10H2,16H3. The van der Waals surface area contributed by atoms with E-state index in [2.05, 4.69) is 30.8 Å². The van der Waals surface area contributed by atoms with Gasteiger partial charge >= 0.3 is 0 Å². The maximum atomic E-state index is 5.50. The molecule has 0 aliphatic heterocycles. The average Bonchev–Trinajstić information content (AvgIpc) is 2.83. The van der Waals surface area contributed by atoms with Crippen molar-refractivity contribution in [1.29, 1.82) is 0 Å². The van der Waals surface area contributed by atoms with E-state index in [1.807, 2.05) is 0 Å². The van der Waals surface area contributed by atoms with Crippen LogP contribution in [0.5, 0.6) is 5.75 Å². The smallest absolute Gasteiger partial charge is 0.118 e. The van der Waals surface area contributed by atoms with Gasteiger partial charge in [0.05, 0.1) is 16.5 Å². The monoisotopic (exact) mass is 232 g/mol. The van der Waals surface area contributed by atoms with E-state index in [4.69, 9.17) is 4.74 Å². The first-order chi connectivity index (χ1) is 7.81. The zero-order chi connectivity index (χ0) is 11.4. The molecule has 0 radical (unpaired) electrons. The lowest BCUT2D eigenvalue weighted by Gasteiger charge is -2.13. The van der Waals surface area contributed by atoms with Gasteiger partial charge in [-0.15, -0.1) is 0 Å². The Morgan fingerprint density at radius 3 is 2.44 bits per heavy atom. The molecule has 1 aromatic rings. The second-order valence-electron chi connectivity index (χ2n) is 4.46. The molecule has 1 aliphatic carbocycles. The lowest BCUT2D eigenvalue weighted by Crippen LogP contribution is -1.98. The Balaban J connectivity index is 2.05. The maximum absolute atomic E-state index is 5.50. The molecule has 0 saturated heterocycles. The summed E-state index contributed by atoms with van der Waals surface area (Å²) in [6.45, 7) is 4.25. The van der Waals surface area contributed by atoms with E-state index in [0.717, 1.165) is 22.2 Å². The van der Waals surface area contributed by atoms with E-state index in [9.17, 15) is 0 Å². The van der Waals surface area contributed by atoms with Gasteiger partial charge in [-0.05, 0) is 42.0 Å². The van der Waals surface area contributed by atoms with Crippen molar-refractivity contribution in [2.24, 2.45) is 5.92 Å². The molecule has 16 heavy (non-hydrogen) atoms. The fourth-order valence-corrected chi connectivity index (χ4v) is 2.78. The second kappa shape index (κ2) is 5.35. The van der Waals surface area contributed by atoms with Crippen LogP contribution in [0.1, 0.15) is 31.2 Å². The van der Waals surface area contributed by atoms with Crippen LogP contribution < -0.4 is 4.74 Å². The van der Waals surface area contributed by atoms with E-state index < -0.39 is 0 Å². The van der Waals surface area contributed by atoms with Gasteiger partial charge in [0.15, 0.2) is 0 Å². The van der Waals surface area contributed by atoms with Crippen LogP contribution in [-0.2, 0) is 0 Å². The van der Waals surface area contributed by atoms with Crippen LogP contribution in [0.25, 0.3) is 5.57 Å². The zero-order valence-corrected chi connectivity index (χ0v) is 12.0. The predicted molar refractivity (Wildman–Crippen MR) is 72.9 cm³/mol. The molecule has 2 rings (SSSR count). The Morgan fingerprint density at radius 1 is 1.25 bits per heavy atom. The molecule has 0 spiro atoms. The Morgan fingerprint density at radius 2 is 1.88 bits per heavy atom. The summed E-state index contributed by atoms with van der Waals surface area (Å²) >= 11 is 0. The van der Waals surface area contributed by atoms with Crippen molar-refractivity contribution in [3.63, 3.8) is 0 Å². The molecule has 2 heteroatoms. The molecule has 0 heterocycles. The van der Waals surface area contributed by atoms with Crippen LogP contribution in [-0.4, -0.2) is 16.5 Å². The topological polar surface area (TPSA) is 9.23 Å². The summed E-state index contributed by atoms with van der Waals surface area (Å²) in [6, 6.07) is 8.42. The number of benzene rings is 1. The Hall–Kier alpha value is -1.02. The minimum absolute atomic E-state index is 0.713. The van der Waals surface area contributed by atoms with E-state index in [1.54, 1.807) is 0 Å². The lowest BCUT2D eigenvalue weighted by molar-refractivity contribution is 0.387. The normalized spacial score (nSPS) is 16.5. The van der Waals surface area contributed by atoms with Crippen LogP contribution in [0.3, 0.4) is 0 Å². The summed E-state index contributed by atoms with van der Waals surface area (Å²) in [5.41, 5.74) is 2.60. The summed E-state index contributed by atoms with van der Waals surface area (Å²) in [7, 11) is 1.09. The molecular formula is C14H20OSi. The lowest BCUT2D eigenvalue weighted by atomic mass is 9.93. The number of allylic oxidation sites excluding steroid dienone is 1. The summed E-state index contributed by atoms with van der Waals surface area (Å²) in [5.74, 6) is 1.70. The van der Waals surface area contributed by atoms with Crippen molar-refractivity contribution in [3.8, 4) is 5.75 Å². The van der Waals surface area contributed by atoms with Gasteiger partial charge in [0.1, 0.15) is 5.75 Å². The first kappa shape index (κ1) is 11.5. The quantitative estimate of drug-likeness (QED) is 0.725. The third kappa shape index (κ3) is 2.56. The highest BCUT2D eigenvalue weighted by molar-refractivity contribution is 6.08. The summed E-state index contributed by atoms with van der Waals surface area (Å²) < 4.78 is 5.50. The molecule has 1 fully saturated rings. The maximum Gasteiger partial charge on any atom is 0.118 e. The molecule has 0 aromatic heterocycles. The number of rotatable bonds is 4. The van der Waals surface area contributed by atoms with Crippen molar-refractivity contribution in [2.75, 3.05) is 6.23 Å². The van der Waals surface area contributed by atoms with Crippen LogP contribution in [0, 0.1) is 5.92 Å². The molecule has 0 atom stereocenters. The minimum atomic E-state index is 0.713. The zero-order valence-electron chi connectivity index (χ0n) is 10.0. The molecule has 0 unspecified atom stereocenters. The molecule has 1 saturated carbocycles. The minimum Gasteiger partial charge on any atom is -0.498 e. The third-order valence-electron chi connectivity index (χ3n) is 3.38. The van der Waals surface area contributed by atoms with Gasteiger partial charge in [-0.2, -0.15) is 0 Å². The summed E-state index contributed by atoms with van der Waals surface area (Å²) in [6.07, 6.45) is 6.23. The van der Waals surface area contributed by atoms with Crippen LogP contribution >= 0.6 is 0 Å². The Bertz CT molecular complexity index is 350. The predicted octanol–water partition coefficient (Wildman–Crippen LogP) is 2.59. The molecule has 1 aliphatic rings. The molecule has 1 aromatic carbocycles. The van der Waals surface area contributed by atoms with Crippen molar-refractivity contribution in [2.45, 2.75) is 25.7 Å². The largest absolute Gasteiger partial charge is 0.498 e. The van der Waals surface area contributed by atoms with Crippen LogP contribution in [0.2, 0.25) is 0 Å². The van der Waals surface area contributed by atoms with Crippen molar-refractivity contribution >= 4 is 15.8 Å². The van der Waals surface area contributed by atoms with Gasteiger partial charge in [0.2, 0.25) is 0 Å². The molecular weight excluding hydrogens is 212 g/mol. The van der Waals surface area contributed by atoms with Gasteiger partial charge < -0.3 is 4.74 Å². The van der Waals surface area contributed by atoms with Gasteiger partial charge in [0.25, 0.3) is 0 Å². The van der Waals surface area contributed by atoms with Crippen molar-refractivity contribution in [3.05, 3.63) is 36.4 Å². The van der Waals surface area contributed by atoms with Gasteiger partial charge in [-0.25, -0.2) is 0 Å². The number of ether oxygens (including phenoxy) is 1. The first-order valence-corrected chi connectivity index (χ1v) is 7.64. The Labute approximate surface area is 101 Å². The molecule has 1 nitrogen and oxygen atoms in total. The highest BCUT2D eigenvalue weighted by atomic mass is 28.1. The molecule has 86 valence electrons. The van der Waals surface area contributed by atoms with E-state index >= 15 is 0 Å². The first-order valence-electron chi connectivity index (χ1n) is 6.23. The molecule has 0 amide bonds.